The average molecular weight is 195 g/mol. The number of hydrogen-bond donors (Lipinski definition) is 1. The molecule has 0 spiro atoms. The molecule has 1 aliphatic carbocycles. The first kappa shape index (κ1) is 11.5. The molecule has 0 aromatic rings. The van der Waals surface area contributed by atoms with E-state index in [4.69, 9.17) is 0 Å². The summed E-state index contributed by atoms with van der Waals surface area (Å²) >= 11 is 0. The molecule has 1 N–H and O–H groups in total. The molecule has 2 nitrogen and oxygen atoms in total. The monoisotopic (exact) mass is 195 g/mol. The summed E-state index contributed by atoms with van der Waals surface area (Å²) in [6, 6.07) is 2.39. The van der Waals surface area contributed by atoms with Gasteiger partial charge in [0.2, 0.25) is 0 Å². The zero-order chi connectivity index (χ0) is 10.8. The highest BCUT2D eigenvalue weighted by molar-refractivity contribution is 5.11. The van der Waals surface area contributed by atoms with Crippen LogP contribution in [0.15, 0.2) is 0 Å². The van der Waals surface area contributed by atoms with Crippen molar-refractivity contribution < 1.29 is 5.11 Å². The van der Waals surface area contributed by atoms with Crippen molar-refractivity contribution in [1.29, 1.82) is 5.26 Å². The maximum atomic E-state index is 10.4. The number of nitriles is 1. The largest absolute Gasteiger partial charge is 0.388 e. The third kappa shape index (κ3) is 1.66. The summed E-state index contributed by atoms with van der Waals surface area (Å²) in [6.45, 7) is 5.81. The molecule has 0 bridgehead atoms. The van der Waals surface area contributed by atoms with Gasteiger partial charge in [0, 0.05) is 0 Å². The Kier molecular flexibility index (Phi) is 3.21. The van der Waals surface area contributed by atoms with Crippen LogP contribution in [0.4, 0.5) is 0 Å². The summed E-state index contributed by atoms with van der Waals surface area (Å²) in [6.07, 6.45) is 5.08. The number of rotatable bonds is 2. The molecule has 0 radical (unpaired) electrons. The first-order valence-corrected chi connectivity index (χ1v) is 5.60. The summed E-state index contributed by atoms with van der Waals surface area (Å²) in [5.41, 5.74) is -1.35. The third-order valence-electron chi connectivity index (χ3n) is 4.01. The fourth-order valence-electron chi connectivity index (χ4n) is 2.44. The van der Waals surface area contributed by atoms with Gasteiger partial charge in [-0.2, -0.15) is 5.26 Å². The molecule has 0 amide bonds. The highest BCUT2D eigenvalue weighted by atomic mass is 16.3. The predicted molar refractivity (Wildman–Crippen MR) is 56.6 cm³/mol. The number of aliphatic hydroxyl groups is 1. The van der Waals surface area contributed by atoms with Gasteiger partial charge in [0.1, 0.15) is 0 Å². The van der Waals surface area contributed by atoms with E-state index in [2.05, 4.69) is 6.07 Å². The van der Waals surface area contributed by atoms with Crippen molar-refractivity contribution >= 4 is 0 Å². The van der Waals surface area contributed by atoms with E-state index in [-0.39, 0.29) is 5.92 Å². The van der Waals surface area contributed by atoms with Crippen LogP contribution in [0.3, 0.4) is 0 Å². The van der Waals surface area contributed by atoms with Gasteiger partial charge in [0.25, 0.3) is 0 Å². The zero-order valence-electron chi connectivity index (χ0n) is 9.51. The molecule has 1 aliphatic rings. The van der Waals surface area contributed by atoms with Crippen LogP contribution in [-0.2, 0) is 0 Å². The molecule has 14 heavy (non-hydrogen) atoms. The fourth-order valence-corrected chi connectivity index (χ4v) is 2.44. The van der Waals surface area contributed by atoms with Gasteiger partial charge in [-0.1, -0.05) is 33.1 Å². The van der Waals surface area contributed by atoms with Crippen molar-refractivity contribution in [2.45, 2.75) is 58.5 Å². The smallest absolute Gasteiger partial charge is 0.0860 e. The highest BCUT2D eigenvalue weighted by Crippen LogP contribution is 2.47. The molecular formula is C12H21NO. The lowest BCUT2D eigenvalue weighted by Gasteiger charge is -2.45. The normalized spacial score (nSPS) is 25.4. The van der Waals surface area contributed by atoms with Crippen LogP contribution in [0, 0.1) is 22.7 Å². The van der Waals surface area contributed by atoms with Crippen molar-refractivity contribution in [3.05, 3.63) is 0 Å². The van der Waals surface area contributed by atoms with Crippen LogP contribution in [0.5, 0.6) is 0 Å². The fraction of sp³-hybridized carbons (Fsp3) is 0.917. The van der Waals surface area contributed by atoms with Crippen LogP contribution >= 0.6 is 0 Å². The molecule has 1 fully saturated rings. The Balaban J connectivity index is 2.94. The second kappa shape index (κ2) is 3.90. The quantitative estimate of drug-likeness (QED) is 0.736. The van der Waals surface area contributed by atoms with Gasteiger partial charge < -0.3 is 5.11 Å². The molecular weight excluding hydrogens is 174 g/mol. The maximum absolute atomic E-state index is 10.4. The summed E-state index contributed by atoms with van der Waals surface area (Å²) in [5.74, 6) is 0.139. The zero-order valence-corrected chi connectivity index (χ0v) is 9.51. The van der Waals surface area contributed by atoms with Crippen molar-refractivity contribution in [1.82, 2.24) is 0 Å². The van der Waals surface area contributed by atoms with E-state index in [1.54, 1.807) is 0 Å². The molecule has 1 unspecified atom stereocenters. The average Bonchev–Trinajstić information content (AvgIpc) is 2.18. The SMILES string of the molecule is CC(C)C(C)(O)C1(C#N)CCCCC1. The Morgan fingerprint density at radius 1 is 1.29 bits per heavy atom. The second-order valence-corrected chi connectivity index (χ2v) is 5.06. The maximum Gasteiger partial charge on any atom is 0.0860 e. The molecule has 80 valence electrons. The predicted octanol–water partition coefficient (Wildman–Crippen LogP) is 2.87. The molecule has 0 aromatic heterocycles. The van der Waals surface area contributed by atoms with Crippen LogP contribution in [-0.4, -0.2) is 10.7 Å². The molecule has 0 aliphatic heterocycles. The van der Waals surface area contributed by atoms with E-state index < -0.39 is 11.0 Å². The lowest BCUT2D eigenvalue weighted by atomic mass is 9.61. The third-order valence-corrected chi connectivity index (χ3v) is 4.01. The van der Waals surface area contributed by atoms with Gasteiger partial charge in [-0.05, 0) is 25.7 Å². The van der Waals surface area contributed by atoms with Crippen molar-refractivity contribution in [2.24, 2.45) is 11.3 Å². The van der Waals surface area contributed by atoms with Crippen LogP contribution < -0.4 is 0 Å². The first-order valence-electron chi connectivity index (χ1n) is 5.60. The number of nitrogens with zero attached hydrogens (tertiary/aromatic N) is 1. The first-order chi connectivity index (χ1) is 6.46. The lowest BCUT2D eigenvalue weighted by molar-refractivity contribution is -0.0915. The Morgan fingerprint density at radius 2 is 1.79 bits per heavy atom. The minimum Gasteiger partial charge on any atom is -0.388 e. The summed E-state index contributed by atoms with van der Waals surface area (Å²) in [7, 11) is 0. The molecule has 2 heteroatoms. The standard InChI is InChI=1S/C12H21NO/c1-10(2)11(3,14)12(9-13)7-5-4-6-8-12/h10,14H,4-8H2,1-3H3. The molecule has 0 saturated heterocycles. The van der Waals surface area contributed by atoms with Gasteiger partial charge in [-0.25, -0.2) is 0 Å². The van der Waals surface area contributed by atoms with Crippen molar-refractivity contribution in [2.75, 3.05) is 0 Å². The van der Waals surface area contributed by atoms with E-state index in [9.17, 15) is 10.4 Å². The van der Waals surface area contributed by atoms with Gasteiger partial charge in [0.05, 0.1) is 17.1 Å². The van der Waals surface area contributed by atoms with E-state index in [1.807, 2.05) is 20.8 Å². The van der Waals surface area contributed by atoms with Gasteiger partial charge in [-0.3, -0.25) is 0 Å². The highest BCUT2D eigenvalue weighted by Gasteiger charge is 2.49. The Morgan fingerprint density at radius 3 is 2.14 bits per heavy atom. The summed E-state index contributed by atoms with van der Waals surface area (Å²) < 4.78 is 0. The van der Waals surface area contributed by atoms with Crippen LogP contribution in [0.1, 0.15) is 52.9 Å². The van der Waals surface area contributed by atoms with Gasteiger partial charge in [-0.15, -0.1) is 0 Å². The van der Waals surface area contributed by atoms with E-state index in [1.165, 1.54) is 6.42 Å². The number of hydrogen-bond acceptors (Lipinski definition) is 2. The van der Waals surface area contributed by atoms with Gasteiger partial charge in [0.15, 0.2) is 0 Å². The Hall–Kier alpha value is -0.550. The van der Waals surface area contributed by atoms with E-state index in [0.29, 0.717) is 0 Å². The van der Waals surface area contributed by atoms with Crippen molar-refractivity contribution in [3.63, 3.8) is 0 Å². The minimum atomic E-state index is -0.845. The van der Waals surface area contributed by atoms with E-state index in [0.717, 1.165) is 25.7 Å². The Bertz CT molecular complexity index is 231. The summed E-state index contributed by atoms with van der Waals surface area (Å²) in [4.78, 5) is 0. The summed E-state index contributed by atoms with van der Waals surface area (Å²) in [5, 5.41) is 19.8. The molecule has 0 heterocycles. The molecule has 1 rings (SSSR count). The Labute approximate surface area is 86.9 Å². The second-order valence-electron chi connectivity index (χ2n) is 5.06. The van der Waals surface area contributed by atoms with Gasteiger partial charge >= 0.3 is 0 Å². The molecule has 0 aromatic carbocycles. The van der Waals surface area contributed by atoms with Crippen LogP contribution in [0.2, 0.25) is 0 Å². The molecule has 1 saturated carbocycles. The van der Waals surface area contributed by atoms with Crippen molar-refractivity contribution in [3.8, 4) is 6.07 Å². The van der Waals surface area contributed by atoms with E-state index >= 15 is 0 Å². The van der Waals surface area contributed by atoms with Crippen LogP contribution in [0.25, 0.3) is 0 Å². The minimum absolute atomic E-state index is 0.139. The lowest BCUT2D eigenvalue weighted by Crippen LogP contribution is -2.50. The molecule has 1 atom stereocenters. The topological polar surface area (TPSA) is 44.0 Å².